The van der Waals surface area contributed by atoms with E-state index in [9.17, 15) is 0 Å². The minimum Gasteiger partial charge on any atom is -0.455 e. The molecule has 2 aliphatic rings. The third kappa shape index (κ3) is 7.02. The number of allylic oxidation sites excluding steroid dienone is 2. The van der Waals surface area contributed by atoms with Crippen molar-refractivity contribution in [2.75, 3.05) is 9.80 Å². The zero-order valence-electron chi connectivity index (χ0n) is 42.4. The van der Waals surface area contributed by atoms with Crippen molar-refractivity contribution in [1.82, 2.24) is 0 Å². The van der Waals surface area contributed by atoms with Crippen LogP contribution in [0.2, 0.25) is 0 Å². The molecule has 0 unspecified atom stereocenters. The number of fused-ring (bicyclic) bond motifs is 11. The number of hydrogen-bond acceptors (Lipinski definition) is 4. The highest BCUT2D eigenvalue weighted by atomic mass is 16.3. The van der Waals surface area contributed by atoms with E-state index in [1.54, 1.807) is 0 Å². The second-order valence-electron chi connectivity index (χ2n) is 22.0. The van der Waals surface area contributed by atoms with Crippen LogP contribution in [0, 0.1) is 0 Å². The van der Waals surface area contributed by atoms with Gasteiger partial charge < -0.3 is 18.6 Å². The number of para-hydroxylation sites is 3. The highest BCUT2D eigenvalue weighted by Gasteiger charge is 2.51. The fraction of sp³-hybridized carbons (Fsp3) is 0.159. The van der Waals surface area contributed by atoms with E-state index in [-0.39, 0.29) is 16.9 Å². The molecule has 4 heteroatoms. The molecule has 1 atom stereocenters. The van der Waals surface area contributed by atoms with E-state index in [1.165, 1.54) is 11.1 Å². The fourth-order valence-electron chi connectivity index (χ4n) is 12.0. The summed E-state index contributed by atoms with van der Waals surface area (Å²) in [5, 5.41) is 4.26. The van der Waals surface area contributed by atoms with Gasteiger partial charge in [-0.15, -0.1) is 0 Å². The van der Waals surface area contributed by atoms with Gasteiger partial charge in [-0.05, 0) is 111 Å². The number of nitrogens with zero attached hydrogens (tertiary/aromatic N) is 2. The molecule has 73 heavy (non-hydrogen) atoms. The van der Waals surface area contributed by atoms with Crippen molar-refractivity contribution in [1.29, 1.82) is 0 Å². The van der Waals surface area contributed by atoms with Crippen molar-refractivity contribution in [2.24, 2.45) is 0 Å². The topological polar surface area (TPSA) is 32.8 Å². The van der Waals surface area contributed by atoms with Gasteiger partial charge in [0.15, 0.2) is 0 Å². The van der Waals surface area contributed by atoms with Crippen LogP contribution in [-0.4, -0.2) is 6.04 Å². The minimum atomic E-state index is -0.848. The van der Waals surface area contributed by atoms with Crippen LogP contribution in [-0.2, 0) is 16.2 Å². The predicted molar refractivity (Wildman–Crippen MR) is 306 cm³/mol. The Balaban J connectivity index is 1.22. The summed E-state index contributed by atoms with van der Waals surface area (Å²) in [6, 6.07) is 73.7. The summed E-state index contributed by atoms with van der Waals surface area (Å²) >= 11 is 0. The van der Waals surface area contributed by atoms with Crippen LogP contribution < -0.4 is 9.80 Å². The summed E-state index contributed by atoms with van der Waals surface area (Å²) in [5.41, 5.74) is 17.2. The Hall–Kier alpha value is -8.34. The van der Waals surface area contributed by atoms with Gasteiger partial charge in [0.05, 0.1) is 33.6 Å². The third-order valence-corrected chi connectivity index (χ3v) is 15.5. The lowest BCUT2D eigenvalue weighted by atomic mass is 9.67. The largest absolute Gasteiger partial charge is 0.455 e. The van der Waals surface area contributed by atoms with Crippen molar-refractivity contribution in [2.45, 2.75) is 70.3 Å². The molecule has 0 saturated carbocycles. The smallest absolute Gasteiger partial charge is 0.145 e. The quantitative estimate of drug-likeness (QED) is 0.152. The van der Waals surface area contributed by atoms with Gasteiger partial charge >= 0.3 is 0 Å². The summed E-state index contributed by atoms with van der Waals surface area (Å²) < 4.78 is 14.9. The van der Waals surface area contributed by atoms with Crippen LogP contribution in [0.1, 0.15) is 81.3 Å². The van der Waals surface area contributed by atoms with Gasteiger partial charge in [-0.25, -0.2) is 0 Å². The highest BCUT2D eigenvalue weighted by molar-refractivity contribution is 6.24. The second kappa shape index (κ2) is 16.9. The van der Waals surface area contributed by atoms with Crippen molar-refractivity contribution < 1.29 is 8.83 Å². The van der Waals surface area contributed by atoms with E-state index in [0.29, 0.717) is 0 Å². The van der Waals surface area contributed by atoms with E-state index in [2.05, 4.69) is 276 Å². The summed E-state index contributed by atoms with van der Waals surface area (Å²) in [6.45, 7) is 13.7. The summed E-state index contributed by atoms with van der Waals surface area (Å²) in [4.78, 5) is 5.01. The molecule has 0 N–H and O–H groups in total. The molecule has 2 heterocycles. The molecular formula is C69H58N2O2. The Morgan fingerprint density at radius 1 is 0.452 bits per heavy atom. The van der Waals surface area contributed by atoms with Crippen molar-refractivity contribution in [3.63, 3.8) is 0 Å². The number of anilines is 5. The lowest BCUT2D eigenvalue weighted by Crippen LogP contribution is -2.32. The average molecular weight is 947 g/mol. The lowest BCUT2D eigenvalue weighted by molar-refractivity contribution is 0.590. The molecule has 11 aromatic rings. The summed E-state index contributed by atoms with van der Waals surface area (Å²) in [5.74, 6) is 0. The lowest BCUT2D eigenvalue weighted by Gasteiger charge is -2.37. The molecule has 13 rings (SSSR count). The molecule has 0 bridgehead atoms. The Labute approximate surface area is 428 Å². The fourth-order valence-corrected chi connectivity index (χ4v) is 12.0. The molecule has 2 aromatic heterocycles. The Morgan fingerprint density at radius 2 is 0.890 bits per heavy atom. The molecule has 0 aliphatic heterocycles. The summed E-state index contributed by atoms with van der Waals surface area (Å²) in [7, 11) is 0. The SMILES string of the molecule is CC(C)(C)c1ccc(N(c2ccccc2)c2cc3c(c4oc5ccccc5c24)-c2c(cc(N(c4ccc(C(C)(C)C)cc4)[C@H]4C=CC=CC4)c4c2oc2ccccc24)C3(c2ccccc2)c2ccccc2)cc1. The average Bonchev–Trinajstić information content (AvgIpc) is 4.10. The second-order valence-corrected chi connectivity index (χ2v) is 22.0. The van der Waals surface area contributed by atoms with Crippen LogP contribution in [0.15, 0.2) is 233 Å². The zero-order valence-corrected chi connectivity index (χ0v) is 42.4. The first-order valence-corrected chi connectivity index (χ1v) is 25.8. The van der Waals surface area contributed by atoms with Crippen LogP contribution in [0.3, 0.4) is 0 Å². The van der Waals surface area contributed by atoms with Gasteiger partial charge in [0.1, 0.15) is 22.3 Å². The Morgan fingerprint density at radius 3 is 1.38 bits per heavy atom. The molecule has 0 amide bonds. The standard InChI is InChI=1S/C69H58N2O2/c1-67(2,3)45-35-39-51(40-36-45)70(49-27-15-9-16-28-49)57-43-55-63(65-61(57)53-31-19-21-33-59(53)72-65)64-56(69(55,47-23-11-7-12-24-47)48-25-13-8-14-26-48)44-58(62-54-32-20-22-34-60(54)73-66(62)64)71(50-29-17-10-18-30-50)52-41-37-46(38-42-52)68(4,5)6/h7-29,31-44,50H,30H2,1-6H3/t50-/m0/s1. The minimum absolute atomic E-state index is 0.00198. The normalized spacial score (nSPS) is 15.1. The predicted octanol–water partition coefficient (Wildman–Crippen LogP) is 18.9. The van der Waals surface area contributed by atoms with E-state index >= 15 is 0 Å². The van der Waals surface area contributed by atoms with Gasteiger partial charge in [0.25, 0.3) is 0 Å². The molecule has 4 nitrogen and oxygen atoms in total. The van der Waals surface area contributed by atoms with Crippen LogP contribution in [0.25, 0.3) is 55.0 Å². The maximum absolute atomic E-state index is 7.46. The number of benzene rings is 9. The highest BCUT2D eigenvalue weighted by Crippen LogP contribution is 2.64. The first-order chi connectivity index (χ1) is 35.5. The molecule has 0 spiro atoms. The molecule has 9 aromatic carbocycles. The van der Waals surface area contributed by atoms with Crippen molar-refractivity contribution in [3.05, 3.63) is 258 Å². The maximum atomic E-state index is 7.46. The molecule has 0 fully saturated rings. The number of furan rings is 2. The molecular weight excluding hydrogens is 889 g/mol. The van der Waals surface area contributed by atoms with Gasteiger partial charge in [-0.2, -0.15) is 0 Å². The van der Waals surface area contributed by atoms with E-state index in [4.69, 9.17) is 8.83 Å². The van der Waals surface area contributed by atoms with Gasteiger partial charge in [-0.1, -0.05) is 205 Å². The van der Waals surface area contributed by atoms with Crippen LogP contribution in [0.4, 0.5) is 28.4 Å². The number of hydrogen-bond donors (Lipinski definition) is 0. The third-order valence-electron chi connectivity index (χ3n) is 15.5. The van der Waals surface area contributed by atoms with E-state index < -0.39 is 5.41 Å². The van der Waals surface area contributed by atoms with Gasteiger partial charge in [-0.3, -0.25) is 0 Å². The summed E-state index contributed by atoms with van der Waals surface area (Å²) in [6.07, 6.45) is 9.87. The van der Waals surface area contributed by atoms with Gasteiger partial charge in [0, 0.05) is 39.0 Å². The van der Waals surface area contributed by atoms with Crippen molar-refractivity contribution >= 4 is 72.3 Å². The van der Waals surface area contributed by atoms with Crippen molar-refractivity contribution in [3.8, 4) is 11.1 Å². The molecule has 0 radical (unpaired) electrons. The first kappa shape index (κ1) is 44.6. The number of rotatable bonds is 8. The van der Waals surface area contributed by atoms with E-state index in [0.717, 1.165) is 112 Å². The first-order valence-electron chi connectivity index (χ1n) is 25.8. The molecule has 2 aliphatic carbocycles. The maximum Gasteiger partial charge on any atom is 0.145 e. The molecule has 0 saturated heterocycles. The Bertz CT molecular complexity index is 3900. The monoisotopic (exact) mass is 946 g/mol. The Kier molecular flexibility index (Phi) is 10.3. The zero-order chi connectivity index (χ0) is 49.6. The van der Waals surface area contributed by atoms with Crippen LogP contribution in [0.5, 0.6) is 0 Å². The molecule has 356 valence electrons. The van der Waals surface area contributed by atoms with Gasteiger partial charge in [0.2, 0.25) is 0 Å². The van der Waals surface area contributed by atoms with Crippen LogP contribution >= 0.6 is 0 Å². The van der Waals surface area contributed by atoms with E-state index in [1.807, 2.05) is 0 Å².